The molecule has 1 amide bonds. The van der Waals surface area contributed by atoms with E-state index in [0.29, 0.717) is 25.1 Å². The Hall–Kier alpha value is -4.35. The first-order chi connectivity index (χ1) is 19.3. The fraction of sp³-hybridized carbons (Fsp3) is 0.464. The summed E-state index contributed by atoms with van der Waals surface area (Å²) in [5.41, 5.74) is 3.61. The minimum absolute atomic E-state index is 0.0602. The Balaban J connectivity index is 1.76. The number of rotatable bonds is 16. The fourth-order valence-corrected chi connectivity index (χ4v) is 4.37. The number of amides is 1. The van der Waals surface area contributed by atoms with Crippen LogP contribution < -0.4 is 0 Å². The number of ether oxygens (including phenoxy) is 1. The van der Waals surface area contributed by atoms with Crippen LogP contribution in [0.1, 0.15) is 58.4 Å². The molecule has 0 aliphatic carbocycles. The standard InChI is InChI=1S/C28H36N6O6/c1-4-5-12-25(35)33(26(20(2)3)28(36)39-17-8-9-18-40-34(37)38)19-21-13-15-22(16-14-21)23-10-6-7-11-24(23)27-29-31-32-30-27/h6-7,10-11,13-16,20,26H,4-5,8-9,12,17-19H2,1-3H3,(H,29,30,31,32)/t26-/m0/s1. The Morgan fingerprint density at radius 1 is 1.02 bits per heavy atom. The molecule has 1 N–H and O–H groups in total. The zero-order valence-electron chi connectivity index (χ0n) is 23.1. The molecule has 0 fully saturated rings. The van der Waals surface area contributed by atoms with Crippen molar-refractivity contribution in [3.8, 4) is 22.5 Å². The normalized spacial score (nSPS) is 11.7. The van der Waals surface area contributed by atoms with Gasteiger partial charge in [0, 0.05) is 18.5 Å². The van der Waals surface area contributed by atoms with Crippen molar-refractivity contribution in [3.63, 3.8) is 0 Å². The highest BCUT2D eigenvalue weighted by molar-refractivity contribution is 5.85. The second-order valence-electron chi connectivity index (χ2n) is 9.72. The number of aromatic amines is 1. The first kappa shape index (κ1) is 30.2. The van der Waals surface area contributed by atoms with E-state index in [0.717, 1.165) is 35.1 Å². The molecule has 0 radical (unpaired) electrons. The zero-order chi connectivity index (χ0) is 28.9. The summed E-state index contributed by atoms with van der Waals surface area (Å²) in [6, 6.07) is 14.8. The molecule has 0 unspecified atom stereocenters. The molecule has 1 atom stereocenters. The van der Waals surface area contributed by atoms with Crippen LogP contribution in [0, 0.1) is 16.0 Å². The lowest BCUT2D eigenvalue weighted by atomic mass is 9.97. The highest BCUT2D eigenvalue weighted by Crippen LogP contribution is 2.30. The molecule has 0 saturated heterocycles. The van der Waals surface area contributed by atoms with Gasteiger partial charge in [-0.2, -0.15) is 5.21 Å². The maximum Gasteiger partial charge on any atom is 0.329 e. The highest BCUT2D eigenvalue weighted by Gasteiger charge is 2.33. The molecule has 214 valence electrons. The third kappa shape index (κ3) is 8.58. The Morgan fingerprint density at radius 2 is 1.73 bits per heavy atom. The van der Waals surface area contributed by atoms with Gasteiger partial charge in [-0.25, -0.2) is 4.79 Å². The molecule has 1 heterocycles. The number of carbonyl (C=O) groups excluding carboxylic acids is 2. The molecule has 0 spiro atoms. The summed E-state index contributed by atoms with van der Waals surface area (Å²) >= 11 is 0. The zero-order valence-corrected chi connectivity index (χ0v) is 23.1. The van der Waals surface area contributed by atoms with Crippen molar-refractivity contribution in [2.24, 2.45) is 5.92 Å². The molecule has 0 bridgehead atoms. The van der Waals surface area contributed by atoms with Crippen molar-refractivity contribution < 1.29 is 24.3 Å². The number of hydrogen-bond acceptors (Lipinski definition) is 9. The summed E-state index contributed by atoms with van der Waals surface area (Å²) in [5.74, 6) is -0.280. The van der Waals surface area contributed by atoms with Gasteiger partial charge in [-0.15, -0.1) is 20.3 Å². The lowest BCUT2D eigenvalue weighted by Gasteiger charge is -2.33. The van der Waals surface area contributed by atoms with E-state index in [1.165, 1.54) is 0 Å². The SMILES string of the molecule is CCCCC(=O)N(Cc1ccc(-c2ccccc2-c2nn[nH]n2)cc1)[C@H](C(=O)OCCCCO[N+](=O)[O-])C(C)C. The topological polar surface area (TPSA) is 153 Å². The molecule has 12 heteroatoms. The van der Waals surface area contributed by atoms with Crippen LogP contribution in [0.3, 0.4) is 0 Å². The monoisotopic (exact) mass is 552 g/mol. The van der Waals surface area contributed by atoms with Crippen molar-refractivity contribution in [3.05, 3.63) is 64.2 Å². The number of hydrogen-bond donors (Lipinski definition) is 1. The second-order valence-corrected chi connectivity index (χ2v) is 9.72. The second kappa shape index (κ2) is 15.3. The molecule has 3 rings (SSSR count). The van der Waals surface area contributed by atoms with Crippen LogP contribution in [-0.2, 0) is 25.7 Å². The largest absolute Gasteiger partial charge is 0.464 e. The van der Waals surface area contributed by atoms with Crippen LogP contribution in [0.4, 0.5) is 0 Å². The molecule has 0 aliphatic rings. The van der Waals surface area contributed by atoms with Crippen molar-refractivity contribution in [1.82, 2.24) is 25.5 Å². The lowest BCUT2D eigenvalue weighted by molar-refractivity contribution is -0.757. The van der Waals surface area contributed by atoms with E-state index in [2.05, 4.69) is 25.5 Å². The summed E-state index contributed by atoms with van der Waals surface area (Å²) in [6.07, 6.45) is 2.71. The minimum atomic E-state index is -0.847. The molecule has 2 aromatic carbocycles. The van der Waals surface area contributed by atoms with Gasteiger partial charge in [-0.3, -0.25) is 4.79 Å². The summed E-state index contributed by atoms with van der Waals surface area (Å²) in [5, 5.41) is 23.8. The van der Waals surface area contributed by atoms with Gasteiger partial charge < -0.3 is 14.5 Å². The van der Waals surface area contributed by atoms with Gasteiger partial charge in [0.1, 0.15) is 6.04 Å². The van der Waals surface area contributed by atoms with Crippen LogP contribution in [0.2, 0.25) is 0 Å². The van der Waals surface area contributed by atoms with Crippen LogP contribution in [0.5, 0.6) is 0 Å². The number of aromatic nitrogens is 4. The Kier molecular flexibility index (Phi) is 11.5. The van der Waals surface area contributed by atoms with Crippen LogP contribution in [-0.4, -0.2) is 61.7 Å². The highest BCUT2D eigenvalue weighted by atomic mass is 16.9. The summed E-state index contributed by atoms with van der Waals surface area (Å²) in [4.78, 5) is 42.6. The Bertz CT molecular complexity index is 1230. The quantitative estimate of drug-likeness (QED) is 0.116. The number of nitrogens with one attached hydrogen (secondary N) is 1. The smallest absolute Gasteiger partial charge is 0.329 e. The minimum Gasteiger partial charge on any atom is -0.464 e. The number of tetrazole rings is 1. The molecule has 40 heavy (non-hydrogen) atoms. The predicted molar refractivity (Wildman–Crippen MR) is 147 cm³/mol. The summed E-state index contributed by atoms with van der Waals surface area (Å²) in [7, 11) is 0. The van der Waals surface area contributed by atoms with Gasteiger partial charge >= 0.3 is 5.97 Å². The molecule has 0 saturated carbocycles. The summed E-state index contributed by atoms with van der Waals surface area (Å²) < 4.78 is 5.49. The van der Waals surface area contributed by atoms with Crippen LogP contribution >= 0.6 is 0 Å². The predicted octanol–water partition coefficient (Wildman–Crippen LogP) is 4.61. The molecular weight excluding hydrogens is 516 g/mol. The fourth-order valence-electron chi connectivity index (χ4n) is 4.37. The number of nitrogens with zero attached hydrogens (tertiary/aromatic N) is 5. The Labute approximate surface area is 233 Å². The molecule has 1 aromatic heterocycles. The number of benzene rings is 2. The van der Waals surface area contributed by atoms with E-state index in [9.17, 15) is 19.7 Å². The van der Waals surface area contributed by atoms with Crippen molar-refractivity contribution in [2.45, 2.75) is 65.5 Å². The van der Waals surface area contributed by atoms with Gasteiger partial charge in [0.2, 0.25) is 11.7 Å². The van der Waals surface area contributed by atoms with E-state index in [4.69, 9.17) is 4.74 Å². The van der Waals surface area contributed by atoms with Crippen LogP contribution in [0.15, 0.2) is 48.5 Å². The van der Waals surface area contributed by atoms with E-state index in [-0.39, 0.29) is 31.6 Å². The number of carbonyl (C=O) groups is 2. The van der Waals surface area contributed by atoms with Gasteiger partial charge in [0.15, 0.2) is 0 Å². The maximum atomic E-state index is 13.3. The third-order valence-corrected chi connectivity index (χ3v) is 6.38. The van der Waals surface area contributed by atoms with Gasteiger partial charge in [0.05, 0.1) is 13.2 Å². The number of H-pyrrole nitrogens is 1. The third-order valence-electron chi connectivity index (χ3n) is 6.38. The van der Waals surface area contributed by atoms with E-state index >= 15 is 0 Å². The maximum absolute atomic E-state index is 13.3. The number of esters is 1. The first-order valence-electron chi connectivity index (χ1n) is 13.5. The molecule has 0 aliphatic heterocycles. The lowest BCUT2D eigenvalue weighted by Crippen LogP contribution is -2.48. The first-order valence-corrected chi connectivity index (χ1v) is 13.5. The average Bonchev–Trinajstić information content (AvgIpc) is 3.48. The van der Waals surface area contributed by atoms with E-state index < -0.39 is 17.1 Å². The molecule has 12 nitrogen and oxygen atoms in total. The Morgan fingerprint density at radius 3 is 2.35 bits per heavy atom. The van der Waals surface area contributed by atoms with Crippen molar-refractivity contribution in [1.29, 1.82) is 0 Å². The van der Waals surface area contributed by atoms with Crippen molar-refractivity contribution in [2.75, 3.05) is 13.2 Å². The van der Waals surface area contributed by atoms with Gasteiger partial charge in [-0.1, -0.05) is 75.7 Å². The molecular formula is C28H36N6O6. The van der Waals surface area contributed by atoms with E-state index in [1.807, 2.05) is 69.3 Å². The molecule has 3 aromatic rings. The number of unbranched alkanes of at least 4 members (excludes halogenated alkanes) is 2. The van der Waals surface area contributed by atoms with E-state index in [1.54, 1.807) is 4.90 Å². The average molecular weight is 553 g/mol. The van der Waals surface area contributed by atoms with Crippen LogP contribution in [0.25, 0.3) is 22.5 Å². The summed E-state index contributed by atoms with van der Waals surface area (Å²) in [6.45, 7) is 6.07. The van der Waals surface area contributed by atoms with Crippen molar-refractivity contribution >= 4 is 11.9 Å². The van der Waals surface area contributed by atoms with Gasteiger partial charge in [0.25, 0.3) is 5.09 Å². The van der Waals surface area contributed by atoms with Gasteiger partial charge in [-0.05, 0) is 47.1 Å².